The first-order valence-electron chi connectivity index (χ1n) is 9.12. The van der Waals surface area contributed by atoms with Crippen molar-refractivity contribution in [3.8, 4) is 5.88 Å². The van der Waals surface area contributed by atoms with Gasteiger partial charge < -0.3 is 19.5 Å². The Morgan fingerprint density at radius 2 is 2.04 bits per heavy atom. The molecule has 1 fully saturated rings. The summed E-state index contributed by atoms with van der Waals surface area (Å²) in [4.78, 5) is 23.8. The van der Waals surface area contributed by atoms with Crippen molar-refractivity contribution in [2.24, 2.45) is 7.05 Å². The summed E-state index contributed by atoms with van der Waals surface area (Å²) in [5.74, 6) is 1.29. The number of imidazole rings is 1. The molecule has 3 heterocycles. The van der Waals surface area contributed by atoms with E-state index in [4.69, 9.17) is 4.74 Å². The second kappa shape index (κ2) is 7.26. The number of ether oxygens (including phenoxy) is 1. The van der Waals surface area contributed by atoms with E-state index in [0.717, 1.165) is 42.7 Å². The van der Waals surface area contributed by atoms with E-state index < -0.39 is 0 Å². The minimum Gasteiger partial charge on any atom is -0.481 e. The topological polar surface area (TPSA) is 72.3 Å². The van der Waals surface area contributed by atoms with Gasteiger partial charge in [0.2, 0.25) is 11.8 Å². The van der Waals surface area contributed by atoms with Crippen LogP contribution in [0.4, 0.5) is 5.95 Å². The minimum atomic E-state index is -0.158. The van der Waals surface area contributed by atoms with Crippen LogP contribution in [0.25, 0.3) is 10.8 Å². The lowest BCUT2D eigenvalue weighted by molar-refractivity contribution is 0.0925. The Kier molecular flexibility index (Phi) is 4.66. The maximum atomic E-state index is 12.7. The normalized spacial score (nSPS) is 15.1. The lowest BCUT2D eigenvalue weighted by Crippen LogP contribution is -2.45. The summed E-state index contributed by atoms with van der Waals surface area (Å²) in [6, 6.07) is 9.72. The number of carbonyl (C=O) groups is 1. The molecule has 0 bridgehead atoms. The standard InChI is InChI=1S/C20H23N5O2/c1-24-12-9-21-20(24)25-10-7-15(8-11-25)22-18(26)17-13-14-5-3-4-6-16(14)19(23-17)27-2/h3-6,9,12-13,15H,7-8,10-11H2,1-2H3,(H,22,26). The lowest BCUT2D eigenvalue weighted by Gasteiger charge is -2.32. The van der Waals surface area contributed by atoms with E-state index in [9.17, 15) is 4.79 Å². The van der Waals surface area contributed by atoms with Gasteiger partial charge in [-0.3, -0.25) is 4.79 Å². The number of piperidine rings is 1. The van der Waals surface area contributed by atoms with Crippen molar-refractivity contribution in [2.45, 2.75) is 18.9 Å². The molecule has 0 radical (unpaired) electrons. The molecule has 0 unspecified atom stereocenters. The Hall–Kier alpha value is -3.09. The molecule has 4 rings (SSSR count). The lowest BCUT2D eigenvalue weighted by atomic mass is 10.0. The summed E-state index contributed by atoms with van der Waals surface area (Å²) >= 11 is 0. The highest BCUT2D eigenvalue weighted by atomic mass is 16.5. The van der Waals surface area contributed by atoms with E-state index in [1.165, 1.54) is 0 Å². The molecule has 27 heavy (non-hydrogen) atoms. The van der Waals surface area contributed by atoms with Crippen molar-refractivity contribution in [1.82, 2.24) is 19.9 Å². The molecule has 1 aliphatic heterocycles. The maximum Gasteiger partial charge on any atom is 0.270 e. The third-order valence-corrected chi connectivity index (χ3v) is 5.04. The van der Waals surface area contributed by atoms with E-state index in [0.29, 0.717) is 11.6 Å². The highest BCUT2D eigenvalue weighted by molar-refractivity contribution is 5.98. The molecular weight excluding hydrogens is 342 g/mol. The Labute approximate surface area is 158 Å². The quantitative estimate of drug-likeness (QED) is 0.769. The van der Waals surface area contributed by atoms with E-state index in [1.54, 1.807) is 7.11 Å². The zero-order chi connectivity index (χ0) is 18.8. The molecule has 7 heteroatoms. The van der Waals surface area contributed by atoms with Crippen LogP contribution in [0.15, 0.2) is 42.7 Å². The van der Waals surface area contributed by atoms with Crippen LogP contribution >= 0.6 is 0 Å². The second-order valence-corrected chi connectivity index (χ2v) is 6.81. The minimum absolute atomic E-state index is 0.133. The van der Waals surface area contributed by atoms with Crippen molar-refractivity contribution in [1.29, 1.82) is 0 Å². The Morgan fingerprint density at radius 3 is 2.74 bits per heavy atom. The predicted molar refractivity (Wildman–Crippen MR) is 104 cm³/mol. The average Bonchev–Trinajstić information content (AvgIpc) is 3.13. The Bertz CT molecular complexity index is 960. The van der Waals surface area contributed by atoms with Crippen LogP contribution in [0, 0.1) is 0 Å². The van der Waals surface area contributed by atoms with E-state index in [2.05, 4.69) is 20.2 Å². The van der Waals surface area contributed by atoms with Gasteiger partial charge in [0.25, 0.3) is 5.91 Å². The number of hydrogen-bond donors (Lipinski definition) is 1. The fourth-order valence-corrected chi connectivity index (χ4v) is 3.58. The van der Waals surface area contributed by atoms with Crippen LogP contribution in [0.2, 0.25) is 0 Å². The number of aromatic nitrogens is 3. The highest BCUT2D eigenvalue weighted by Crippen LogP contribution is 2.24. The van der Waals surface area contributed by atoms with E-state index in [1.807, 2.05) is 54.3 Å². The molecule has 0 saturated carbocycles. The molecule has 140 valence electrons. The van der Waals surface area contributed by atoms with Crippen LogP contribution in [0.5, 0.6) is 5.88 Å². The van der Waals surface area contributed by atoms with Gasteiger partial charge in [-0.15, -0.1) is 0 Å². The number of hydrogen-bond acceptors (Lipinski definition) is 5. The molecule has 1 amide bonds. The number of anilines is 1. The first-order valence-corrected chi connectivity index (χ1v) is 9.12. The largest absolute Gasteiger partial charge is 0.481 e. The number of pyridine rings is 1. The van der Waals surface area contributed by atoms with Crippen LogP contribution < -0.4 is 15.0 Å². The number of nitrogens with one attached hydrogen (secondary N) is 1. The van der Waals surface area contributed by atoms with Crippen molar-refractivity contribution in [2.75, 3.05) is 25.1 Å². The zero-order valence-electron chi connectivity index (χ0n) is 15.6. The first kappa shape index (κ1) is 17.3. The third kappa shape index (κ3) is 3.45. The predicted octanol–water partition coefficient (Wildman–Crippen LogP) is 2.38. The molecule has 1 aliphatic rings. The van der Waals surface area contributed by atoms with E-state index >= 15 is 0 Å². The van der Waals surface area contributed by atoms with Crippen LogP contribution in [0.1, 0.15) is 23.3 Å². The van der Waals surface area contributed by atoms with Gasteiger partial charge >= 0.3 is 0 Å². The molecule has 1 aromatic carbocycles. The number of amides is 1. The average molecular weight is 365 g/mol. The number of carbonyl (C=O) groups excluding carboxylic acids is 1. The molecule has 0 spiro atoms. The SMILES string of the molecule is COc1nc(C(=O)NC2CCN(c3nccn3C)CC2)cc2ccccc12. The Balaban J connectivity index is 1.44. The van der Waals surface area contributed by atoms with Crippen molar-refractivity contribution < 1.29 is 9.53 Å². The summed E-state index contributed by atoms with van der Waals surface area (Å²) in [5.41, 5.74) is 0.386. The second-order valence-electron chi connectivity index (χ2n) is 6.81. The van der Waals surface area contributed by atoms with Crippen LogP contribution in [-0.4, -0.2) is 46.7 Å². The fraction of sp³-hybridized carbons (Fsp3) is 0.350. The number of benzene rings is 1. The monoisotopic (exact) mass is 365 g/mol. The highest BCUT2D eigenvalue weighted by Gasteiger charge is 2.24. The molecule has 7 nitrogen and oxygen atoms in total. The summed E-state index contributed by atoms with van der Waals surface area (Å²) in [6.07, 6.45) is 5.51. The number of nitrogens with zero attached hydrogens (tertiary/aromatic N) is 4. The van der Waals surface area contributed by atoms with Crippen LogP contribution in [-0.2, 0) is 7.05 Å². The van der Waals surface area contributed by atoms with Gasteiger partial charge in [0, 0.05) is 44.0 Å². The number of fused-ring (bicyclic) bond motifs is 1. The summed E-state index contributed by atoms with van der Waals surface area (Å²) in [5, 5.41) is 4.97. The van der Waals surface area contributed by atoms with E-state index in [-0.39, 0.29) is 11.9 Å². The molecule has 3 aromatic rings. The van der Waals surface area contributed by atoms with Crippen molar-refractivity contribution in [3.05, 3.63) is 48.4 Å². The Morgan fingerprint density at radius 1 is 1.26 bits per heavy atom. The van der Waals surface area contributed by atoms with Crippen molar-refractivity contribution in [3.63, 3.8) is 0 Å². The molecule has 0 aliphatic carbocycles. The molecule has 0 atom stereocenters. The van der Waals surface area contributed by atoms with Gasteiger partial charge in [0.15, 0.2) is 0 Å². The molecule has 1 N–H and O–H groups in total. The smallest absolute Gasteiger partial charge is 0.270 e. The molecule has 1 saturated heterocycles. The zero-order valence-corrected chi connectivity index (χ0v) is 15.6. The molecular formula is C20H23N5O2. The van der Waals surface area contributed by atoms with Gasteiger partial charge in [-0.05, 0) is 30.4 Å². The fourth-order valence-electron chi connectivity index (χ4n) is 3.58. The maximum absolute atomic E-state index is 12.7. The van der Waals surface area contributed by atoms with Gasteiger partial charge in [0.1, 0.15) is 5.69 Å². The van der Waals surface area contributed by atoms with Crippen LogP contribution in [0.3, 0.4) is 0 Å². The van der Waals surface area contributed by atoms with Gasteiger partial charge in [-0.2, -0.15) is 0 Å². The van der Waals surface area contributed by atoms with Gasteiger partial charge in [-0.1, -0.05) is 18.2 Å². The first-order chi connectivity index (χ1) is 13.2. The summed E-state index contributed by atoms with van der Waals surface area (Å²) < 4.78 is 7.39. The van der Waals surface area contributed by atoms with Gasteiger partial charge in [0.05, 0.1) is 7.11 Å². The number of aryl methyl sites for hydroxylation is 1. The van der Waals surface area contributed by atoms with Gasteiger partial charge in [-0.25, -0.2) is 9.97 Å². The van der Waals surface area contributed by atoms with Crippen molar-refractivity contribution >= 4 is 22.6 Å². The number of rotatable bonds is 4. The summed E-state index contributed by atoms with van der Waals surface area (Å²) in [7, 11) is 3.57. The summed E-state index contributed by atoms with van der Waals surface area (Å²) in [6.45, 7) is 1.73. The third-order valence-electron chi connectivity index (χ3n) is 5.04. The molecule has 2 aromatic heterocycles. The number of methoxy groups -OCH3 is 1.